The first kappa shape index (κ1) is 15.6. The second-order valence-corrected chi connectivity index (χ2v) is 5.67. The van der Waals surface area contributed by atoms with Crippen LogP contribution in [0.4, 0.5) is 0 Å². The van der Waals surface area contributed by atoms with Gasteiger partial charge in [0.05, 0.1) is 15.1 Å². The van der Waals surface area contributed by atoms with Crippen LogP contribution in [-0.2, 0) is 6.42 Å². The summed E-state index contributed by atoms with van der Waals surface area (Å²) >= 11 is 18.2. The Morgan fingerprint density at radius 3 is 2.60 bits per heavy atom. The Kier molecular flexibility index (Phi) is 5.67. The van der Waals surface area contributed by atoms with Gasteiger partial charge in [0, 0.05) is 30.9 Å². The van der Waals surface area contributed by atoms with Crippen molar-refractivity contribution in [2.75, 3.05) is 6.54 Å². The first-order valence-corrected chi connectivity index (χ1v) is 7.49. The lowest BCUT2D eigenvalue weighted by atomic mass is 10.1. The van der Waals surface area contributed by atoms with Crippen LogP contribution in [0.5, 0.6) is 0 Å². The molecular weight excluding hydrogens is 315 g/mol. The zero-order chi connectivity index (χ0) is 14.5. The summed E-state index contributed by atoms with van der Waals surface area (Å²) in [7, 11) is 0. The van der Waals surface area contributed by atoms with Crippen LogP contribution in [0.3, 0.4) is 0 Å². The Balaban J connectivity index is 1.95. The van der Waals surface area contributed by atoms with E-state index in [0.717, 1.165) is 24.2 Å². The van der Waals surface area contributed by atoms with Crippen LogP contribution in [0.25, 0.3) is 0 Å². The fourth-order valence-electron chi connectivity index (χ4n) is 1.95. The zero-order valence-corrected chi connectivity index (χ0v) is 13.3. The number of benzene rings is 1. The standard InChI is InChI=1S/C15H15Cl3N2/c1-10(12-5-6-13(16)15(18)14(12)17)19-9-7-11-4-2-3-8-20-11/h2-6,8,10,19H,7,9H2,1H3. The number of hydrogen-bond acceptors (Lipinski definition) is 2. The number of rotatable bonds is 5. The van der Waals surface area contributed by atoms with Gasteiger partial charge in [-0.05, 0) is 30.7 Å². The minimum atomic E-state index is 0.0981. The van der Waals surface area contributed by atoms with Crippen LogP contribution < -0.4 is 5.32 Å². The molecule has 1 aromatic carbocycles. The highest BCUT2D eigenvalue weighted by Crippen LogP contribution is 2.35. The summed E-state index contributed by atoms with van der Waals surface area (Å²) in [6.07, 6.45) is 2.67. The molecule has 0 bridgehead atoms. The van der Waals surface area contributed by atoms with E-state index in [1.807, 2.05) is 31.2 Å². The highest BCUT2D eigenvalue weighted by Gasteiger charge is 2.13. The molecule has 0 aliphatic carbocycles. The quantitative estimate of drug-likeness (QED) is 0.786. The molecule has 1 aromatic heterocycles. The maximum Gasteiger partial charge on any atom is 0.0781 e. The van der Waals surface area contributed by atoms with Crippen LogP contribution in [0.1, 0.15) is 24.2 Å². The highest BCUT2D eigenvalue weighted by molar-refractivity contribution is 6.48. The Labute approximate surface area is 134 Å². The lowest BCUT2D eigenvalue weighted by Gasteiger charge is -2.16. The van der Waals surface area contributed by atoms with Crippen molar-refractivity contribution in [1.82, 2.24) is 10.3 Å². The molecule has 5 heteroatoms. The number of nitrogens with zero attached hydrogens (tertiary/aromatic N) is 1. The Hall–Kier alpha value is -0.800. The number of pyridine rings is 1. The van der Waals surface area contributed by atoms with E-state index in [1.165, 1.54) is 0 Å². The normalized spacial score (nSPS) is 12.4. The van der Waals surface area contributed by atoms with Gasteiger partial charge in [-0.15, -0.1) is 0 Å². The third-order valence-corrected chi connectivity index (χ3v) is 4.40. The predicted molar refractivity (Wildman–Crippen MR) is 85.8 cm³/mol. The maximum atomic E-state index is 6.22. The summed E-state index contributed by atoms with van der Waals surface area (Å²) in [5.41, 5.74) is 2.01. The van der Waals surface area contributed by atoms with Crippen LogP contribution in [0.2, 0.25) is 15.1 Å². The summed E-state index contributed by atoms with van der Waals surface area (Å²) in [4.78, 5) is 4.29. The Morgan fingerprint density at radius 2 is 1.90 bits per heavy atom. The van der Waals surface area contributed by atoms with E-state index in [1.54, 1.807) is 12.3 Å². The summed E-state index contributed by atoms with van der Waals surface area (Å²) in [6.45, 7) is 2.86. The largest absolute Gasteiger partial charge is 0.310 e. The zero-order valence-electron chi connectivity index (χ0n) is 11.0. The van der Waals surface area contributed by atoms with Gasteiger partial charge in [0.2, 0.25) is 0 Å². The van der Waals surface area contributed by atoms with Gasteiger partial charge >= 0.3 is 0 Å². The summed E-state index contributed by atoms with van der Waals surface area (Å²) in [5.74, 6) is 0. The van der Waals surface area contributed by atoms with Crippen LogP contribution in [0, 0.1) is 0 Å². The lowest BCUT2D eigenvalue weighted by molar-refractivity contribution is 0.574. The molecule has 0 amide bonds. The van der Waals surface area contributed by atoms with Crippen molar-refractivity contribution < 1.29 is 0 Å². The van der Waals surface area contributed by atoms with Crippen LogP contribution in [0.15, 0.2) is 36.5 Å². The monoisotopic (exact) mass is 328 g/mol. The van der Waals surface area contributed by atoms with Gasteiger partial charge < -0.3 is 5.32 Å². The number of hydrogen-bond donors (Lipinski definition) is 1. The van der Waals surface area contributed by atoms with E-state index in [4.69, 9.17) is 34.8 Å². The minimum Gasteiger partial charge on any atom is -0.310 e. The molecule has 2 aromatic rings. The number of halogens is 3. The van der Waals surface area contributed by atoms with Gasteiger partial charge in [-0.25, -0.2) is 0 Å². The lowest BCUT2D eigenvalue weighted by Crippen LogP contribution is -2.22. The molecule has 0 saturated heterocycles. The van der Waals surface area contributed by atoms with Crippen molar-refractivity contribution in [3.8, 4) is 0 Å². The van der Waals surface area contributed by atoms with Crippen molar-refractivity contribution >= 4 is 34.8 Å². The molecule has 2 rings (SSSR count). The Bertz CT molecular complexity index is 573. The predicted octanol–water partition coefficient (Wildman–Crippen LogP) is 4.94. The van der Waals surface area contributed by atoms with Crippen LogP contribution >= 0.6 is 34.8 Å². The third-order valence-electron chi connectivity index (χ3n) is 3.09. The molecule has 1 heterocycles. The molecule has 1 N–H and O–H groups in total. The summed E-state index contributed by atoms with van der Waals surface area (Å²) in [6, 6.07) is 9.67. The minimum absolute atomic E-state index is 0.0981. The topological polar surface area (TPSA) is 24.9 Å². The van der Waals surface area contributed by atoms with Crippen molar-refractivity contribution in [1.29, 1.82) is 0 Å². The van der Waals surface area contributed by atoms with Gasteiger partial charge in [0.1, 0.15) is 0 Å². The maximum absolute atomic E-state index is 6.22. The average Bonchev–Trinajstić information content (AvgIpc) is 2.46. The summed E-state index contributed by atoms with van der Waals surface area (Å²) < 4.78 is 0. The molecule has 0 fully saturated rings. The van der Waals surface area contributed by atoms with E-state index in [-0.39, 0.29) is 6.04 Å². The second kappa shape index (κ2) is 7.28. The number of nitrogens with one attached hydrogen (secondary N) is 1. The van der Waals surface area contributed by atoms with Gasteiger partial charge in [0.15, 0.2) is 0 Å². The van der Waals surface area contributed by atoms with Gasteiger partial charge in [-0.1, -0.05) is 46.9 Å². The van der Waals surface area contributed by atoms with Crippen LogP contribution in [-0.4, -0.2) is 11.5 Å². The van der Waals surface area contributed by atoms with Gasteiger partial charge in [-0.3, -0.25) is 4.98 Å². The molecule has 0 radical (unpaired) electrons. The highest BCUT2D eigenvalue weighted by atomic mass is 35.5. The summed E-state index contributed by atoms with van der Waals surface area (Å²) in [5, 5.41) is 4.80. The molecule has 20 heavy (non-hydrogen) atoms. The van der Waals surface area contributed by atoms with E-state index in [9.17, 15) is 0 Å². The molecule has 0 saturated carbocycles. The Morgan fingerprint density at radius 1 is 1.10 bits per heavy atom. The fourth-order valence-corrected chi connectivity index (χ4v) is 2.65. The van der Waals surface area contributed by atoms with E-state index in [0.29, 0.717) is 15.1 Å². The second-order valence-electron chi connectivity index (χ2n) is 4.51. The molecule has 1 unspecified atom stereocenters. The molecule has 0 aliphatic heterocycles. The van der Waals surface area contributed by atoms with Crippen molar-refractivity contribution in [3.63, 3.8) is 0 Å². The smallest absolute Gasteiger partial charge is 0.0781 e. The van der Waals surface area contributed by atoms with Crippen molar-refractivity contribution in [3.05, 3.63) is 62.9 Å². The van der Waals surface area contributed by atoms with E-state index >= 15 is 0 Å². The fraction of sp³-hybridized carbons (Fsp3) is 0.267. The van der Waals surface area contributed by atoms with Gasteiger partial charge in [-0.2, -0.15) is 0 Å². The molecular formula is C15H15Cl3N2. The molecule has 0 spiro atoms. The first-order valence-electron chi connectivity index (χ1n) is 6.36. The SMILES string of the molecule is CC(NCCc1ccccn1)c1ccc(Cl)c(Cl)c1Cl. The molecule has 106 valence electrons. The van der Waals surface area contributed by atoms with E-state index in [2.05, 4.69) is 10.3 Å². The number of aromatic nitrogens is 1. The van der Waals surface area contributed by atoms with E-state index < -0.39 is 0 Å². The molecule has 2 nitrogen and oxygen atoms in total. The molecule has 0 aliphatic rings. The van der Waals surface area contributed by atoms with Gasteiger partial charge in [0.25, 0.3) is 0 Å². The van der Waals surface area contributed by atoms with Crippen molar-refractivity contribution in [2.45, 2.75) is 19.4 Å². The first-order chi connectivity index (χ1) is 9.59. The average molecular weight is 330 g/mol. The van der Waals surface area contributed by atoms with Crippen molar-refractivity contribution in [2.24, 2.45) is 0 Å². The third kappa shape index (κ3) is 3.86. The molecule has 1 atom stereocenters.